The summed E-state index contributed by atoms with van der Waals surface area (Å²) in [5.74, 6) is 0. The summed E-state index contributed by atoms with van der Waals surface area (Å²) in [6.07, 6.45) is 1.03. The summed E-state index contributed by atoms with van der Waals surface area (Å²) in [5, 5.41) is 3.58. The molecule has 2 nitrogen and oxygen atoms in total. The number of thiazole rings is 1. The van der Waals surface area contributed by atoms with Crippen molar-refractivity contribution < 1.29 is 0 Å². The van der Waals surface area contributed by atoms with Gasteiger partial charge >= 0.3 is 0 Å². The summed E-state index contributed by atoms with van der Waals surface area (Å²) in [6, 6.07) is 7.13. The molecule has 1 heterocycles. The van der Waals surface area contributed by atoms with Gasteiger partial charge in [-0.2, -0.15) is 0 Å². The van der Waals surface area contributed by atoms with E-state index in [0.29, 0.717) is 6.04 Å². The van der Waals surface area contributed by atoms with Gasteiger partial charge in [0.25, 0.3) is 0 Å². The highest BCUT2D eigenvalue weighted by Crippen LogP contribution is 2.25. The summed E-state index contributed by atoms with van der Waals surface area (Å²) >= 11 is 1.75. The van der Waals surface area contributed by atoms with Crippen LogP contribution in [0.4, 0.5) is 0 Å². The van der Waals surface area contributed by atoms with Crippen LogP contribution in [0, 0.1) is 20.8 Å². The van der Waals surface area contributed by atoms with E-state index in [1.165, 1.54) is 21.6 Å². The van der Waals surface area contributed by atoms with Crippen molar-refractivity contribution in [1.82, 2.24) is 10.3 Å². The fourth-order valence-corrected chi connectivity index (χ4v) is 3.19. The topological polar surface area (TPSA) is 24.9 Å². The number of benzene rings is 1. The molecule has 0 spiro atoms. The zero-order valence-electron chi connectivity index (χ0n) is 12.2. The molecule has 1 atom stereocenters. The van der Waals surface area contributed by atoms with Crippen LogP contribution < -0.4 is 5.32 Å². The van der Waals surface area contributed by atoms with Crippen molar-refractivity contribution >= 4 is 11.3 Å². The van der Waals surface area contributed by atoms with Crippen LogP contribution in [0.3, 0.4) is 0 Å². The highest BCUT2D eigenvalue weighted by Gasteiger charge is 2.15. The third-order valence-electron chi connectivity index (χ3n) is 3.56. The summed E-state index contributed by atoms with van der Waals surface area (Å²) in [4.78, 5) is 5.73. The Morgan fingerprint density at radius 3 is 2.58 bits per heavy atom. The Morgan fingerprint density at radius 1 is 1.21 bits per heavy atom. The van der Waals surface area contributed by atoms with Crippen molar-refractivity contribution in [3.05, 3.63) is 51.0 Å². The Labute approximate surface area is 119 Å². The molecule has 102 valence electrons. The molecule has 2 aromatic rings. The summed E-state index contributed by atoms with van der Waals surface area (Å²) in [5.41, 5.74) is 7.21. The van der Waals surface area contributed by atoms with Gasteiger partial charge in [-0.25, -0.2) is 4.98 Å². The van der Waals surface area contributed by atoms with Gasteiger partial charge in [0.05, 0.1) is 11.2 Å². The zero-order chi connectivity index (χ0) is 13.8. The molecular weight excluding hydrogens is 252 g/mol. The minimum absolute atomic E-state index is 0.375. The number of likely N-dealkylation sites (N-methyl/N-ethyl adjacent to an activating group) is 1. The molecule has 0 radical (unpaired) electrons. The third kappa shape index (κ3) is 3.43. The van der Waals surface area contributed by atoms with Crippen LogP contribution in [0.15, 0.2) is 23.7 Å². The predicted molar refractivity (Wildman–Crippen MR) is 82.9 cm³/mol. The van der Waals surface area contributed by atoms with E-state index in [9.17, 15) is 0 Å². The first kappa shape index (κ1) is 14.2. The van der Waals surface area contributed by atoms with E-state index >= 15 is 0 Å². The molecule has 0 saturated heterocycles. The van der Waals surface area contributed by atoms with Crippen molar-refractivity contribution in [1.29, 1.82) is 0 Å². The summed E-state index contributed by atoms with van der Waals surface area (Å²) in [7, 11) is 0. The molecule has 0 saturated carbocycles. The number of hydrogen-bond donors (Lipinski definition) is 1. The Morgan fingerprint density at radius 2 is 2.00 bits per heavy atom. The molecular formula is C16H22N2S. The fourth-order valence-electron chi connectivity index (χ4n) is 2.32. The van der Waals surface area contributed by atoms with Crippen LogP contribution in [-0.4, -0.2) is 11.5 Å². The average Bonchev–Trinajstić information content (AvgIpc) is 2.79. The molecule has 0 aliphatic rings. The molecule has 1 aromatic carbocycles. The molecule has 1 N–H and O–H groups in total. The van der Waals surface area contributed by atoms with Gasteiger partial charge in [0.2, 0.25) is 0 Å². The Hall–Kier alpha value is -1.19. The number of rotatable bonds is 5. The maximum Gasteiger partial charge on any atom is 0.0798 e. The molecule has 0 aliphatic heterocycles. The first-order chi connectivity index (χ1) is 9.11. The normalized spacial score (nSPS) is 12.6. The van der Waals surface area contributed by atoms with Gasteiger partial charge in [0.15, 0.2) is 0 Å². The monoisotopic (exact) mass is 274 g/mol. The Kier molecular flexibility index (Phi) is 4.72. The standard InChI is InChI=1S/C16H22N2S/c1-5-17-15(16-13(4)18-10-19-16)9-14-7-6-11(2)12(3)8-14/h6-8,10,15,17H,5,9H2,1-4H3. The van der Waals surface area contributed by atoms with Gasteiger partial charge in [-0.05, 0) is 50.4 Å². The minimum atomic E-state index is 0.375. The highest BCUT2D eigenvalue weighted by atomic mass is 32.1. The molecule has 1 aromatic heterocycles. The van der Waals surface area contributed by atoms with Crippen molar-refractivity contribution in [3.63, 3.8) is 0 Å². The van der Waals surface area contributed by atoms with E-state index in [1.807, 2.05) is 5.51 Å². The first-order valence-electron chi connectivity index (χ1n) is 6.81. The SMILES string of the molecule is CCNC(Cc1ccc(C)c(C)c1)c1scnc1C. The van der Waals surface area contributed by atoms with E-state index in [-0.39, 0.29) is 0 Å². The molecule has 0 bridgehead atoms. The van der Waals surface area contributed by atoms with Crippen molar-refractivity contribution in [3.8, 4) is 0 Å². The van der Waals surface area contributed by atoms with Crippen molar-refractivity contribution in [2.45, 2.75) is 40.2 Å². The van der Waals surface area contributed by atoms with Crippen LogP contribution in [0.2, 0.25) is 0 Å². The van der Waals surface area contributed by atoms with Gasteiger partial charge < -0.3 is 5.32 Å². The number of hydrogen-bond acceptors (Lipinski definition) is 3. The maximum absolute atomic E-state index is 4.37. The van der Waals surface area contributed by atoms with Crippen molar-refractivity contribution in [2.24, 2.45) is 0 Å². The van der Waals surface area contributed by atoms with Gasteiger partial charge in [-0.3, -0.25) is 0 Å². The third-order valence-corrected chi connectivity index (χ3v) is 4.61. The van der Waals surface area contributed by atoms with E-state index in [1.54, 1.807) is 11.3 Å². The predicted octanol–water partition coefficient (Wildman–Crippen LogP) is 3.96. The number of aromatic nitrogens is 1. The second-order valence-electron chi connectivity index (χ2n) is 5.04. The van der Waals surface area contributed by atoms with Crippen LogP contribution >= 0.6 is 11.3 Å². The molecule has 0 aliphatic carbocycles. The van der Waals surface area contributed by atoms with Crippen molar-refractivity contribution in [2.75, 3.05) is 6.54 Å². The molecule has 3 heteroatoms. The van der Waals surface area contributed by atoms with Gasteiger partial charge in [-0.15, -0.1) is 11.3 Å². The zero-order valence-corrected chi connectivity index (χ0v) is 13.0. The Bertz CT molecular complexity index is 545. The first-order valence-corrected chi connectivity index (χ1v) is 7.69. The second kappa shape index (κ2) is 6.31. The number of aryl methyl sites for hydroxylation is 3. The van der Waals surface area contributed by atoms with Crippen LogP contribution in [-0.2, 0) is 6.42 Å². The molecule has 0 amide bonds. The van der Waals surface area contributed by atoms with Crippen LogP contribution in [0.5, 0.6) is 0 Å². The smallest absolute Gasteiger partial charge is 0.0798 e. The molecule has 19 heavy (non-hydrogen) atoms. The fraction of sp³-hybridized carbons (Fsp3) is 0.438. The lowest BCUT2D eigenvalue weighted by Crippen LogP contribution is -2.22. The van der Waals surface area contributed by atoms with E-state index < -0.39 is 0 Å². The number of nitrogens with zero attached hydrogens (tertiary/aromatic N) is 1. The minimum Gasteiger partial charge on any atom is -0.309 e. The van der Waals surface area contributed by atoms with Crippen LogP contribution in [0.1, 0.15) is 40.2 Å². The van der Waals surface area contributed by atoms with E-state index in [2.05, 4.69) is 56.2 Å². The van der Waals surface area contributed by atoms with Gasteiger partial charge in [-0.1, -0.05) is 25.1 Å². The lowest BCUT2D eigenvalue weighted by Gasteiger charge is -2.18. The second-order valence-corrected chi connectivity index (χ2v) is 5.92. The average molecular weight is 274 g/mol. The molecule has 2 rings (SSSR count). The lowest BCUT2D eigenvalue weighted by atomic mass is 9.99. The molecule has 1 unspecified atom stereocenters. The summed E-state index contributed by atoms with van der Waals surface area (Å²) < 4.78 is 0. The largest absolute Gasteiger partial charge is 0.309 e. The highest BCUT2D eigenvalue weighted by molar-refractivity contribution is 7.09. The Balaban J connectivity index is 2.21. The summed E-state index contributed by atoms with van der Waals surface area (Å²) in [6.45, 7) is 9.57. The molecule has 0 fully saturated rings. The van der Waals surface area contributed by atoms with Gasteiger partial charge in [0, 0.05) is 10.9 Å². The quantitative estimate of drug-likeness (QED) is 0.892. The van der Waals surface area contributed by atoms with E-state index in [0.717, 1.165) is 18.7 Å². The van der Waals surface area contributed by atoms with Gasteiger partial charge in [0.1, 0.15) is 0 Å². The lowest BCUT2D eigenvalue weighted by molar-refractivity contribution is 0.554. The van der Waals surface area contributed by atoms with Crippen LogP contribution in [0.25, 0.3) is 0 Å². The maximum atomic E-state index is 4.37. The number of nitrogens with one attached hydrogen (secondary N) is 1. The van der Waals surface area contributed by atoms with E-state index in [4.69, 9.17) is 0 Å².